The molecule has 0 saturated carbocycles. The van der Waals surface area contributed by atoms with Gasteiger partial charge in [-0.15, -0.1) is 0 Å². The second-order valence-corrected chi connectivity index (χ2v) is 4.19. The summed E-state index contributed by atoms with van der Waals surface area (Å²) in [7, 11) is 1.96. The van der Waals surface area contributed by atoms with Crippen molar-refractivity contribution in [1.82, 2.24) is 5.32 Å². The fourth-order valence-corrected chi connectivity index (χ4v) is 2.00. The van der Waals surface area contributed by atoms with Crippen LogP contribution in [0.5, 0.6) is 11.5 Å². The summed E-state index contributed by atoms with van der Waals surface area (Å²) in [6.07, 6.45) is 0.976. The van der Waals surface area contributed by atoms with Gasteiger partial charge in [0.25, 0.3) is 0 Å². The summed E-state index contributed by atoms with van der Waals surface area (Å²) in [5, 5.41) is 3.16. The number of benzene rings is 1. The van der Waals surface area contributed by atoms with Gasteiger partial charge in [-0.25, -0.2) is 0 Å². The van der Waals surface area contributed by atoms with Gasteiger partial charge in [0.2, 0.25) is 0 Å². The third kappa shape index (κ3) is 2.00. The van der Waals surface area contributed by atoms with Crippen molar-refractivity contribution in [3.8, 4) is 11.5 Å². The lowest BCUT2D eigenvalue weighted by molar-refractivity contribution is 0.168. The van der Waals surface area contributed by atoms with Crippen LogP contribution < -0.4 is 14.8 Å². The predicted molar refractivity (Wildman–Crippen MR) is 64.5 cm³/mol. The van der Waals surface area contributed by atoms with Gasteiger partial charge in [0, 0.05) is 0 Å². The summed E-state index contributed by atoms with van der Waals surface area (Å²) >= 11 is 0. The largest absolute Gasteiger partial charge is 0.486 e. The Morgan fingerprint density at radius 1 is 1.19 bits per heavy atom. The van der Waals surface area contributed by atoms with Gasteiger partial charge in [-0.05, 0) is 50.6 Å². The number of rotatable bonds is 3. The van der Waals surface area contributed by atoms with E-state index in [-0.39, 0.29) is 0 Å². The van der Waals surface area contributed by atoms with E-state index in [1.165, 1.54) is 16.7 Å². The summed E-state index contributed by atoms with van der Waals surface area (Å²) in [4.78, 5) is 0. The van der Waals surface area contributed by atoms with Gasteiger partial charge in [-0.1, -0.05) is 6.07 Å². The number of likely N-dealkylation sites (N-methyl/N-ethyl adjacent to an activating group) is 1. The van der Waals surface area contributed by atoms with Crippen LogP contribution in [0.25, 0.3) is 0 Å². The lowest BCUT2D eigenvalue weighted by atomic mass is 10.0. The summed E-state index contributed by atoms with van der Waals surface area (Å²) in [5.41, 5.74) is 3.71. The molecule has 0 fully saturated rings. The smallest absolute Gasteiger partial charge is 0.164 e. The molecule has 0 aromatic heterocycles. The van der Waals surface area contributed by atoms with E-state index >= 15 is 0 Å². The van der Waals surface area contributed by atoms with Gasteiger partial charge in [0.15, 0.2) is 11.5 Å². The molecule has 1 aliphatic heterocycles. The molecule has 1 heterocycles. The standard InChI is InChI=1S/C13H19NO2/c1-9-8-11(4-5-14-3)13-12(10(9)2)15-6-7-16-13/h8,14H,4-7H2,1-3H3. The van der Waals surface area contributed by atoms with E-state index in [2.05, 4.69) is 25.2 Å². The second kappa shape index (κ2) is 4.74. The third-order valence-electron chi connectivity index (χ3n) is 3.04. The number of fused-ring (bicyclic) bond motifs is 1. The van der Waals surface area contributed by atoms with Crippen molar-refractivity contribution in [2.45, 2.75) is 20.3 Å². The van der Waals surface area contributed by atoms with E-state index in [0.29, 0.717) is 13.2 Å². The summed E-state index contributed by atoms with van der Waals surface area (Å²) in [5.74, 6) is 1.89. The van der Waals surface area contributed by atoms with E-state index in [0.717, 1.165) is 24.5 Å². The summed E-state index contributed by atoms with van der Waals surface area (Å²) in [6, 6.07) is 2.21. The number of hydrogen-bond donors (Lipinski definition) is 1. The first-order valence-corrected chi connectivity index (χ1v) is 5.77. The monoisotopic (exact) mass is 221 g/mol. The Hall–Kier alpha value is -1.22. The quantitative estimate of drug-likeness (QED) is 0.844. The zero-order chi connectivity index (χ0) is 11.5. The van der Waals surface area contributed by atoms with Gasteiger partial charge in [-0.3, -0.25) is 0 Å². The molecule has 0 saturated heterocycles. The Bertz CT molecular complexity index is 388. The van der Waals surface area contributed by atoms with Crippen molar-refractivity contribution in [2.24, 2.45) is 0 Å². The number of hydrogen-bond acceptors (Lipinski definition) is 3. The van der Waals surface area contributed by atoms with Crippen LogP contribution in [-0.4, -0.2) is 26.8 Å². The molecule has 2 rings (SSSR count). The molecule has 1 aromatic carbocycles. The molecule has 1 N–H and O–H groups in total. The molecule has 0 aliphatic carbocycles. The highest BCUT2D eigenvalue weighted by molar-refractivity contribution is 5.55. The van der Waals surface area contributed by atoms with Gasteiger partial charge in [-0.2, -0.15) is 0 Å². The van der Waals surface area contributed by atoms with Crippen molar-refractivity contribution >= 4 is 0 Å². The average Bonchev–Trinajstić information content (AvgIpc) is 2.32. The SMILES string of the molecule is CNCCc1cc(C)c(C)c2c1OCCO2. The van der Waals surface area contributed by atoms with E-state index in [1.807, 2.05) is 7.05 Å². The van der Waals surface area contributed by atoms with Crippen LogP contribution in [-0.2, 0) is 6.42 Å². The normalized spacial score (nSPS) is 13.9. The molecule has 0 atom stereocenters. The molecule has 0 unspecified atom stereocenters. The van der Waals surface area contributed by atoms with Crippen LogP contribution in [0.15, 0.2) is 6.07 Å². The molecule has 3 nitrogen and oxygen atoms in total. The van der Waals surface area contributed by atoms with Crippen molar-refractivity contribution in [1.29, 1.82) is 0 Å². The molecule has 0 spiro atoms. The first-order valence-electron chi connectivity index (χ1n) is 5.77. The predicted octanol–water partition coefficient (Wildman–Crippen LogP) is 1.84. The van der Waals surface area contributed by atoms with Crippen LogP contribution in [0.2, 0.25) is 0 Å². The minimum atomic E-state index is 0.655. The van der Waals surface area contributed by atoms with E-state index < -0.39 is 0 Å². The van der Waals surface area contributed by atoms with Gasteiger partial charge in [0.05, 0.1) is 0 Å². The zero-order valence-electron chi connectivity index (χ0n) is 10.2. The molecular formula is C13H19NO2. The maximum absolute atomic E-state index is 5.73. The Labute approximate surface area is 96.8 Å². The van der Waals surface area contributed by atoms with E-state index in [1.54, 1.807) is 0 Å². The molecule has 0 amide bonds. The van der Waals surface area contributed by atoms with Crippen molar-refractivity contribution in [3.63, 3.8) is 0 Å². The number of aryl methyl sites for hydroxylation is 1. The fraction of sp³-hybridized carbons (Fsp3) is 0.538. The lowest BCUT2D eigenvalue weighted by Gasteiger charge is -2.24. The molecule has 1 aromatic rings. The molecule has 16 heavy (non-hydrogen) atoms. The average molecular weight is 221 g/mol. The first kappa shape index (κ1) is 11.3. The Balaban J connectivity index is 2.40. The van der Waals surface area contributed by atoms with Crippen molar-refractivity contribution in [2.75, 3.05) is 26.8 Å². The Morgan fingerprint density at radius 2 is 1.88 bits per heavy atom. The topological polar surface area (TPSA) is 30.5 Å². The number of nitrogens with one attached hydrogen (secondary N) is 1. The maximum Gasteiger partial charge on any atom is 0.164 e. The highest BCUT2D eigenvalue weighted by atomic mass is 16.6. The molecule has 3 heteroatoms. The highest BCUT2D eigenvalue weighted by Gasteiger charge is 2.19. The van der Waals surface area contributed by atoms with E-state index in [4.69, 9.17) is 9.47 Å². The molecule has 0 radical (unpaired) electrons. The van der Waals surface area contributed by atoms with Gasteiger partial charge in [0.1, 0.15) is 13.2 Å². The summed E-state index contributed by atoms with van der Waals surface area (Å²) in [6.45, 7) is 6.48. The van der Waals surface area contributed by atoms with Crippen molar-refractivity contribution in [3.05, 3.63) is 22.8 Å². The number of ether oxygens (including phenoxy) is 2. The molecule has 0 bridgehead atoms. The van der Waals surface area contributed by atoms with Crippen LogP contribution in [0.4, 0.5) is 0 Å². The van der Waals surface area contributed by atoms with Crippen molar-refractivity contribution < 1.29 is 9.47 Å². The van der Waals surface area contributed by atoms with Crippen LogP contribution in [0.1, 0.15) is 16.7 Å². The third-order valence-corrected chi connectivity index (χ3v) is 3.04. The Morgan fingerprint density at radius 3 is 2.56 bits per heavy atom. The summed E-state index contributed by atoms with van der Waals surface area (Å²) < 4.78 is 11.4. The van der Waals surface area contributed by atoms with Gasteiger partial charge >= 0.3 is 0 Å². The molecular weight excluding hydrogens is 202 g/mol. The molecule has 88 valence electrons. The molecule has 1 aliphatic rings. The zero-order valence-corrected chi connectivity index (χ0v) is 10.2. The van der Waals surface area contributed by atoms with Crippen LogP contribution in [0, 0.1) is 13.8 Å². The maximum atomic E-state index is 5.73. The fourth-order valence-electron chi connectivity index (χ4n) is 2.00. The second-order valence-electron chi connectivity index (χ2n) is 4.19. The minimum absolute atomic E-state index is 0.655. The first-order chi connectivity index (χ1) is 7.74. The lowest BCUT2D eigenvalue weighted by Crippen LogP contribution is -2.19. The highest BCUT2D eigenvalue weighted by Crippen LogP contribution is 2.38. The van der Waals surface area contributed by atoms with Crippen LogP contribution >= 0.6 is 0 Å². The van der Waals surface area contributed by atoms with Gasteiger partial charge < -0.3 is 14.8 Å². The Kier molecular flexibility index (Phi) is 3.34. The van der Waals surface area contributed by atoms with Crippen LogP contribution in [0.3, 0.4) is 0 Å². The van der Waals surface area contributed by atoms with E-state index in [9.17, 15) is 0 Å². The minimum Gasteiger partial charge on any atom is -0.486 e.